The van der Waals surface area contributed by atoms with Gasteiger partial charge in [0.15, 0.2) is 0 Å². The van der Waals surface area contributed by atoms with Crippen LogP contribution in [0.1, 0.15) is 12.8 Å². The Balaban J connectivity index is 1.57. The lowest BCUT2D eigenvalue weighted by atomic mass is 9.82. The Morgan fingerprint density at radius 3 is 2.42 bits per heavy atom. The minimum Gasteiger partial charge on any atom is -0.375 e. The van der Waals surface area contributed by atoms with Gasteiger partial charge in [-0.1, -0.05) is 0 Å². The van der Waals surface area contributed by atoms with Crippen LogP contribution in [-0.2, 0) is 4.74 Å². The molecule has 1 N–H and O–H groups in total. The molecule has 2 aliphatic rings. The van der Waals surface area contributed by atoms with Crippen LogP contribution in [0.5, 0.6) is 0 Å². The molecule has 0 aromatic rings. The van der Waals surface area contributed by atoms with E-state index in [0.717, 1.165) is 13.1 Å². The van der Waals surface area contributed by atoms with Crippen LogP contribution in [0.25, 0.3) is 0 Å². The first-order valence-corrected chi connectivity index (χ1v) is 4.36. The van der Waals surface area contributed by atoms with Crippen LogP contribution < -0.4 is 5.32 Å². The lowest BCUT2D eigenvalue weighted by Crippen LogP contribution is -2.50. The van der Waals surface area contributed by atoms with E-state index < -0.39 is 5.92 Å². The molecular formula is C8H13F2NO. The second-order valence-electron chi connectivity index (χ2n) is 3.74. The normalized spacial score (nSPS) is 29.5. The van der Waals surface area contributed by atoms with Crippen LogP contribution in [0.2, 0.25) is 0 Å². The van der Waals surface area contributed by atoms with Gasteiger partial charge in [0.25, 0.3) is 0 Å². The molecule has 0 radical (unpaired) electrons. The first kappa shape index (κ1) is 8.38. The average Bonchev–Trinajstić information content (AvgIpc) is 1.79. The minimum absolute atomic E-state index is 0.0210. The van der Waals surface area contributed by atoms with E-state index in [2.05, 4.69) is 5.32 Å². The Bertz CT molecular complexity index is 162. The maximum absolute atomic E-state index is 12.3. The molecule has 0 aromatic carbocycles. The second-order valence-corrected chi connectivity index (χ2v) is 3.74. The van der Waals surface area contributed by atoms with Gasteiger partial charge in [-0.2, -0.15) is 0 Å². The standard InChI is InChI=1S/C8H13F2NO/c9-8(10)1-6(2-8)5-12-7-3-11-4-7/h6-7,11H,1-5H2. The third kappa shape index (κ3) is 1.75. The van der Waals surface area contributed by atoms with Crippen LogP contribution in [0, 0.1) is 5.92 Å². The maximum Gasteiger partial charge on any atom is 0.248 e. The molecule has 4 heteroatoms. The van der Waals surface area contributed by atoms with E-state index in [0.29, 0.717) is 6.61 Å². The molecule has 1 aliphatic carbocycles. The van der Waals surface area contributed by atoms with Gasteiger partial charge >= 0.3 is 0 Å². The van der Waals surface area contributed by atoms with Crippen LogP contribution in [-0.4, -0.2) is 31.7 Å². The van der Waals surface area contributed by atoms with E-state index >= 15 is 0 Å². The molecule has 0 spiro atoms. The van der Waals surface area contributed by atoms with Gasteiger partial charge in [-0.25, -0.2) is 8.78 Å². The van der Waals surface area contributed by atoms with Gasteiger partial charge in [-0.3, -0.25) is 0 Å². The number of hydrogen-bond donors (Lipinski definition) is 1. The zero-order valence-electron chi connectivity index (χ0n) is 6.85. The highest BCUT2D eigenvalue weighted by molar-refractivity contribution is 4.86. The average molecular weight is 177 g/mol. The zero-order valence-corrected chi connectivity index (χ0v) is 6.85. The summed E-state index contributed by atoms with van der Waals surface area (Å²) in [5.41, 5.74) is 0. The molecule has 0 unspecified atom stereocenters. The number of ether oxygens (including phenoxy) is 1. The van der Waals surface area contributed by atoms with Crippen molar-refractivity contribution in [3.8, 4) is 0 Å². The molecular weight excluding hydrogens is 164 g/mol. The number of rotatable bonds is 3. The fourth-order valence-corrected chi connectivity index (χ4v) is 1.55. The second kappa shape index (κ2) is 2.92. The number of nitrogens with one attached hydrogen (secondary N) is 1. The molecule has 1 heterocycles. The minimum atomic E-state index is -2.40. The third-order valence-corrected chi connectivity index (χ3v) is 2.49. The predicted octanol–water partition coefficient (Wildman–Crippen LogP) is 1.02. The molecule has 0 atom stereocenters. The summed E-state index contributed by atoms with van der Waals surface area (Å²) in [5.74, 6) is -2.30. The Morgan fingerprint density at radius 1 is 1.33 bits per heavy atom. The van der Waals surface area contributed by atoms with Crippen molar-refractivity contribution in [2.45, 2.75) is 24.9 Å². The van der Waals surface area contributed by atoms with E-state index in [1.165, 1.54) is 0 Å². The van der Waals surface area contributed by atoms with Crippen LogP contribution in [0.15, 0.2) is 0 Å². The van der Waals surface area contributed by atoms with Crippen LogP contribution >= 0.6 is 0 Å². The van der Waals surface area contributed by atoms with E-state index in [4.69, 9.17) is 4.74 Å². The molecule has 2 nitrogen and oxygen atoms in total. The molecule has 0 aromatic heterocycles. The molecule has 0 bridgehead atoms. The molecule has 0 amide bonds. The summed E-state index contributed by atoms with van der Waals surface area (Å²) in [6.45, 7) is 2.27. The number of hydrogen-bond acceptors (Lipinski definition) is 2. The predicted molar refractivity (Wildman–Crippen MR) is 40.3 cm³/mol. The lowest BCUT2D eigenvalue weighted by molar-refractivity contribution is -0.138. The molecule has 70 valence electrons. The van der Waals surface area contributed by atoms with E-state index in [1.54, 1.807) is 0 Å². The SMILES string of the molecule is FC1(F)CC(COC2CNC2)C1. The van der Waals surface area contributed by atoms with Crippen molar-refractivity contribution in [3.63, 3.8) is 0 Å². The summed E-state index contributed by atoms with van der Waals surface area (Å²) in [5, 5.41) is 3.06. The largest absolute Gasteiger partial charge is 0.375 e. The van der Waals surface area contributed by atoms with E-state index in [-0.39, 0.29) is 24.9 Å². The first-order valence-electron chi connectivity index (χ1n) is 4.36. The van der Waals surface area contributed by atoms with Gasteiger partial charge in [0.05, 0.1) is 12.7 Å². The fraction of sp³-hybridized carbons (Fsp3) is 1.00. The van der Waals surface area contributed by atoms with Crippen molar-refractivity contribution < 1.29 is 13.5 Å². The van der Waals surface area contributed by atoms with Gasteiger partial charge in [-0.05, 0) is 5.92 Å². The zero-order chi connectivity index (χ0) is 8.60. The Labute approximate surface area is 70.3 Å². The summed E-state index contributed by atoms with van der Waals surface area (Å²) in [6.07, 6.45) is 0.319. The van der Waals surface area contributed by atoms with Crippen molar-refractivity contribution >= 4 is 0 Å². The number of halogens is 2. The summed E-state index contributed by atoms with van der Waals surface area (Å²) < 4.78 is 30.1. The monoisotopic (exact) mass is 177 g/mol. The summed E-state index contributed by atoms with van der Waals surface area (Å²) in [7, 11) is 0. The molecule has 1 saturated heterocycles. The Morgan fingerprint density at radius 2 is 2.00 bits per heavy atom. The molecule has 12 heavy (non-hydrogen) atoms. The van der Waals surface area contributed by atoms with E-state index in [9.17, 15) is 8.78 Å². The van der Waals surface area contributed by atoms with E-state index in [1.807, 2.05) is 0 Å². The summed E-state index contributed by atoms with van der Waals surface area (Å²) in [6, 6.07) is 0. The first-order chi connectivity index (χ1) is 5.66. The van der Waals surface area contributed by atoms with Crippen molar-refractivity contribution in [3.05, 3.63) is 0 Å². The van der Waals surface area contributed by atoms with Gasteiger partial charge in [0, 0.05) is 25.9 Å². The van der Waals surface area contributed by atoms with Crippen LogP contribution in [0.3, 0.4) is 0 Å². The van der Waals surface area contributed by atoms with Gasteiger partial charge in [-0.15, -0.1) is 0 Å². The van der Waals surface area contributed by atoms with Crippen molar-refractivity contribution in [1.82, 2.24) is 5.32 Å². The number of alkyl halides is 2. The highest BCUT2D eigenvalue weighted by atomic mass is 19.3. The Kier molecular flexibility index (Phi) is 2.04. The van der Waals surface area contributed by atoms with Gasteiger partial charge < -0.3 is 10.1 Å². The van der Waals surface area contributed by atoms with Crippen molar-refractivity contribution in [1.29, 1.82) is 0 Å². The quantitative estimate of drug-likeness (QED) is 0.695. The molecule has 1 saturated carbocycles. The summed E-state index contributed by atoms with van der Waals surface area (Å²) in [4.78, 5) is 0. The van der Waals surface area contributed by atoms with Crippen molar-refractivity contribution in [2.24, 2.45) is 5.92 Å². The fourth-order valence-electron chi connectivity index (χ4n) is 1.55. The third-order valence-electron chi connectivity index (χ3n) is 2.49. The highest BCUT2D eigenvalue weighted by Gasteiger charge is 2.45. The van der Waals surface area contributed by atoms with Crippen LogP contribution in [0.4, 0.5) is 8.78 Å². The Hall–Kier alpha value is -0.220. The van der Waals surface area contributed by atoms with Gasteiger partial charge in [0.1, 0.15) is 0 Å². The molecule has 2 fully saturated rings. The van der Waals surface area contributed by atoms with Crippen molar-refractivity contribution in [2.75, 3.05) is 19.7 Å². The lowest BCUT2D eigenvalue weighted by Gasteiger charge is -2.37. The van der Waals surface area contributed by atoms with Gasteiger partial charge in [0.2, 0.25) is 5.92 Å². The highest BCUT2D eigenvalue weighted by Crippen LogP contribution is 2.42. The maximum atomic E-state index is 12.3. The molecule has 1 aliphatic heterocycles. The topological polar surface area (TPSA) is 21.3 Å². The summed E-state index contributed by atoms with van der Waals surface area (Å²) >= 11 is 0. The smallest absolute Gasteiger partial charge is 0.248 e. The molecule has 2 rings (SSSR count).